The Balaban J connectivity index is 0. The van der Waals surface area contributed by atoms with Crippen LogP contribution in [0.2, 0.25) is 0 Å². The van der Waals surface area contributed by atoms with Crippen molar-refractivity contribution < 1.29 is 5.48 Å². The van der Waals surface area contributed by atoms with E-state index in [9.17, 15) is 0 Å². The Kier molecular flexibility index (Phi) is 186. The molecular weight excluding hydrogens is 436 g/mol. The molecule has 0 aromatic carbocycles. The van der Waals surface area contributed by atoms with Gasteiger partial charge in [0.1, 0.15) is 0 Å². The summed E-state index contributed by atoms with van der Waals surface area (Å²) in [6, 6.07) is 0. The summed E-state index contributed by atoms with van der Waals surface area (Å²) < 4.78 is 0. The SMILES string of the molecule is I.I.I.O.[K]. The van der Waals surface area contributed by atoms with Crippen molar-refractivity contribution in [3.05, 3.63) is 0 Å². The molecule has 0 unspecified atom stereocenters. The Morgan fingerprint density at radius 1 is 0.600 bits per heavy atom. The van der Waals surface area contributed by atoms with Gasteiger partial charge in [0.25, 0.3) is 0 Å². The monoisotopic (exact) mass is 441 g/mol. The van der Waals surface area contributed by atoms with Gasteiger partial charge in [0, 0.05) is 51.4 Å². The van der Waals surface area contributed by atoms with Gasteiger partial charge in [0.2, 0.25) is 0 Å². The first-order chi connectivity index (χ1) is 0. The standard InChI is InChI=1S/3HI.K.H2O/h3*1H;;1H2. The zero-order valence-electron chi connectivity index (χ0n) is 2.72. The number of halogens is 3. The van der Waals surface area contributed by atoms with Crippen LogP contribution < -0.4 is 0 Å². The van der Waals surface area contributed by atoms with E-state index in [-0.39, 0.29) is 129 Å². The Morgan fingerprint density at radius 3 is 0.600 bits per heavy atom. The summed E-state index contributed by atoms with van der Waals surface area (Å²) >= 11 is 0. The zero-order valence-corrected chi connectivity index (χ0v) is 12.8. The van der Waals surface area contributed by atoms with E-state index in [0.29, 0.717) is 0 Å². The number of rotatable bonds is 0. The average Bonchev–Trinajstić information content (AvgIpc) is 0. The van der Waals surface area contributed by atoms with Crippen molar-refractivity contribution >= 4 is 123 Å². The third kappa shape index (κ3) is 18.2. The summed E-state index contributed by atoms with van der Waals surface area (Å²) in [5.74, 6) is 0. The van der Waals surface area contributed by atoms with Crippen molar-refractivity contribution in [2.24, 2.45) is 0 Å². The molecule has 0 aliphatic heterocycles. The molecule has 0 aliphatic carbocycles. The molecular formula is H5I3KO. The molecule has 0 fully saturated rings. The van der Waals surface area contributed by atoms with Crippen LogP contribution >= 0.6 is 71.9 Å². The van der Waals surface area contributed by atoms with E-state index in [2.05, 4.69) is 0 Å². The molecule has 5 heteroatoms. The van der Waals surface area contributed by atoms with Gasteiger partial charge in [-0.05, 0) is 0 Å². The van der Waals surface area contributed by atoms with E-state index in [1.807, 2.05) is 0 Å². The fraction of sp³-hybridized carbons (Fsp3) is 0. The van der Waals surface area contributed by atoms with Gasteiger partial charge in [-0.1, -0.05) is 0 Å². The summed E-state index contributed by atoms with van der Waals surface area (Å²) in [6.45, 7) is 0. The van der Waals surface area contributed by atoms with Crippen LogP contribution in [-0.2, 0) is 0 Å². The number of hydrogen-bond acceptors (Lipinski definition) is 0. The van der Waals surface area contributed by atoms with Crippen molar-refractivity contribution in [3.8, 4) is 0 Å². The molecule has 0 saturated heterocycles. The summed E-state index contributed by atoms with van der Waals surface area (Å²) in [7, 11) is 0. The van der Waals surface area contributed by atoms with Gasteiger partial charge in [0.05, 0.1) is 0 Å². The maximum atomic E-state index is 0. The van der Waals surface area contributed by atoms with Crippen LogP contribution in [0.15, 0.2) is 0 Å². The van der Waals surface area contributed by atoms with Crippen molar-refractivity contribution in [1.29, 1.82) is 0 Å². The molecule has 0 aromatic rings. The number of hydrogen-bond donors (Lipinski definition) is 0. The van der Waals surface area contributed by atoms with Crippen molar-refractivity contribution in [3.63, 3.8) is 0 Å². The van der Waals surface area contributed by atoms with E-state index < -0.39 is 0 Å². The maximum absolute atomic E-state index is 0. The summed E-state index contributed by atoms with van der Waals surface area (Å²) in [4.78, 5) is 0. The fourth-order valence-electron chi connectivity index (χ4n) is 0. The molecule has 0 bridgehead atoms. The van der Waals surface area contributed by atoms with Gasteiger partial charge in [-0.3, -0.25) is 0 Å². The molecule has 0 saturated carbocycles. The fourth-order valence-corrected chi connectivity index (χ4v) is 0. The second-order valence-corrected chi connectivity index (χ2v) is 0. The van der Waals surface area contributed by atoms with Gasteiger partial charge in [-0.15, -0.1) is 71.9 Å². The Labute approximate surface area is 125 Å². The Morgan fingerprint density at radius 2 is 0.600 bits per heavy atom. The van der Waals surface area contributed by atoms with Crippen molar-refractivity contribution in [2.75, 3.05) is 0 Å². The van der Waals surface area contributed by atoms with E-state index in [1.165, 1.54) is 0 Å². The largest absolute Gasteiger partial charge is 0.412 e. The summed E-state index contributed by atoms with van der Waals surface area (Å²) in [6.07, 6.45) is 0. The first-order valence-corrected chi connectivity index (χ1v) is 0. The minimum atomic E-state index is 0. The zero-order chi connectivity index (χ0) is 0. The molecule has 0 atom stereocenters. The maximum Gasteiger partial charge on any atom is 0 e. The molecule has 1 nitrogen and oxygen atoms in total. The van der Waals surface area contributed by atoms with E-state index in [1.54, 1.807) is 0 Å². The first kappa shape index (κ1) is 37.2. The van der Waals surface area contributed by atoms with E-state index >= 15 is 0 Å². The smallest absolute Gasteiger partial charge is 0 e. The molecule has 0 aliphatic rings. The van der Waals surface area contributed by atoms with Gasteiger partial charge >= 0.3 is 0 Å². The predicted octanol–water partition coefficient (Wildman–Crippen LogP) is 0.649. The molecule has 33 valence electrons. The molecule has 0 amide bonds. The third-order valence-corrected chi connectivity index (χ3v) is 0. The van der Waals surface area contributed by atoms with Gasteiger partial charge in [-0.25, -0.2) is 0 Å². The third-order valence-electron chi connectivity index (χ3n) is 0. The molecule has 5 heavy (non-hydrogen) atoms. The molecule has 1 radical (unpaired) electrons. The van der Waals surface area contributed by atoms with Crippen molar-refractivity contribution in [1.82, 2.24) is 0 Å². The van der Waals surface area contributed by atoms with Crippen LogP contribution in [-0.4, -0.2) is 56.9 Å². The van der Waals surface area contributed by atoms with Crippen LogP contribution in [0.5, 0.6) is 0 Å². The normalized spacial score (nSPS) is 0. The second-order valence-electron chi connectivity index (χ2n) is 0. The van der Waals surface area contributed by atoms with Crippen LogP contribution in [0.3, 0.4) is 0 Å². The van der Waals surface area contributed by atoms with Gasteiger partial charge in [0.15, 0.2) is 0 Å². The van der Waals surface area contributed by atoms with E-state index in [4.69, 9.17) is 0 Å². The minimum Gasteiger partial charge on any atom is -0.412 e. The minimum absolute atomic E-state index is 0. The summed E-state index contributed by atoms with van der Waals surface area (Å²) in [5.41, 5.74) is 0. The molecule has 2 N–H and O–H groups in total. The van der Waals surface area contributed by atoms with Crippen LogP contribution in [0.4, 0.5) is 0 Å². The Hall–Kier alpha value is 3.79. The molecule has 0 heterocycles. The molecule has 0 spiro atoms. The van der Waals surface area contributed by atoms with Crippen molar-refractivity contribution in [2.45, 2.75) is 0 Å². The summed E-state index contributed by atoms with van der Waals surface area (Å²) in [5, 5.41) is 0. The van der Waals surface area contributed by atoms with Crippen LogP contribution in [0.25, 0.3) is 0 Å². The van der Waals surface area contributed by atoms with Crippen LogP contribution in [0, 0.1) is 0 Å². The van der Waals surface area contributed by atoms with E-state index in [0.717, 1.165) is 0 Å². The topological polar surface area (TPSA) is 31.5 Å². The second kappa shape index (κ2) is 25.0. The van der Waals surface area contributed by atoms with Gasteiger partial charge < -0.3 is 5.48 Å². The molecule has 0 rings (SSSR count). The average molecular weight is 441 g/mol. The first-order valence-electron chi connectivity index (χ1n) is 0. The quantitative estimate of drug-likeness (QED) is 0.391. The predicted molar refractivity (Wildman–Crippen MR) is 55.6 cm³/mol. The van der Waals surface area contributed by atoms with Crippen LogP contribution in [0.1, 0.15) is 0 Å². The molecule has 0 aromatic heterocycles. The Bertz CT molecular complexity index is 6.85. The van der Waals surface area contributed by atoms with Gasteiger partial charge in [-0.2, -0.15) is 0 Å².